The zero-order valence-electron chi connectivity index (χ0n) is 14.1. The number of ether oxygens (including phenoxy) is 1. The van der Waals surface area contributed by atoms with E-state index in [9.17, 15) is 9.59 Å². The lowest BCUT2D eigenvalue weighted by atomic mass is 10.1. The van der Waals surface area contributed by atoms with Gasteiger partial charge in [-0.15, -0.1) is 11.8 Å². The first kappa shape index (κ1) is 17.3. The number of anilines is 2. The number of hydrogen-bond donors (Lipinski definition) is 1. The number of methoxy groups -OCH3 is 1. The molecule has 25 heavy (non-hydrogen) atoms. The van der Waals surface area contributed by atoms with Crippen LogP contribution in [-0.4, -0.2) is 36.7 Å². The number of nitrogens with one attached hydrogen (secondary N) is 1. The van der Waals surface area contributed by atoms with Crippen molar-refractivity contribution in [3.8, 4) is 5.75 Å². The molecule has 130 valence electrons. The fourth-order valence-corrected chi connectivity index (χ4v) is 3.17. The number of hydrogen-bond acceptors (Lipinski definition) is 5. The zero-order chi connectivity index (χ0) is 17.8. The van der Waals surface area contributed by atoms with Gasteiger partial charge in [0.25, 0.3) is 0 Å². The molecule has 1 aromatic heterocycles. The van der Waals surface area contributed by atoms with Crippen molar-refractivity contribution in [3.63, 3.8) is 0 Å². The van der Waals surface area contributed by atoms with Gasteiger partial charge in [0.15, 0.2) is 11.6 Å². The first-order chi connectivity index (χ1) is 12.1. The van der Waals surface area contributed by atoms with Gasteiger partial charge in [0.05, 0.1) is 13.0 Å². The molecule has 2 aromatic rings. The third-order valence-electron chi connectivity index (χ3n) is 4.11. The van der Waals surface area contributed by atoms with Crippen molar-refractivity contribution in [2.24, 2.45) is 5.92 Å². The first-order valence-electron chi connectivity index (χ1n) is 7.86. The highest BCUT2D eigenvalue weighted by Gasteiger charge is 2.35. The number of carbonyl (C=O) groups excluding carboxylic acids is 2. The van der Waals surface area contributed by atoms with Gasteiger partial charge in [-0.1, -0.05) is 0 Å². The third kappa shape index (κ3) is 3.76. The summed E-state index contributed by atoms with van der Waals surface area (Å²) in [6, 6.07) is 11.2. The van der Waals surface area contributed by atoms with E-state index in [1.165, 1.54) is 7.11 Å². The molecule has 1 aliphatic heterocycles. The van der Waals surface area contributed by atoms with Crippen LogP contribution < -0.4 is 15.0 Å². The molecular formula is C18H19N3O3S. The van der Waals surface area contributed by atoms with Gasteiger partial charge in [-0.25, -0.2) is 4.98 Å². The maximum Gasteiger partial charge on any atom is 0.231 e. The van der Waals surface area contributed by atoms with Crippen LogP contribution in [-0.2, 0) is 9.59 Å². The number of aromatic nitrogens is 1. The molecule has 1 aromatic carbocycles. The van der Waals surface area contributed by atoms with Gasteiger partial charge in [-0.3, -0.25) is 9.59 Å². The Kier molecular flexibility index (Phi) is 5.23. The molecule has 6 nitrogen and oxygen atoms in total. The van der Waals surface area contributed by atoms with Crippen molar-refractivity contribution in [3.05, 3.63) is 42.6 Å². The average molecular weight is 357 g/mol. The number of pyridine rings is 1. The SMILES string of the molecule is COc1cccnc1NC(=O)C1CC(=O)N(c2ccc(SC)cc2)C1. The highest BCUT2D eigenvalue weighted by molar-refractivity contribution is 7.98. The predicted molar refractivity (Wildman–Crippen MR) is 98.1 cm³/mol. The largest absolute Gasteiger partial charge is 0.493 e. The zero-order valence-corrected chi connectivity index (χ0v) is 14.9. The molecule has 0 bridgehead atoms. The summed E-state index contributed by atoms with van der Waals surface area (Å²) in [7, 11) is 1.52. The predicted octanol–water partition coefficient (Wildman–Crippen LogP) is 2.80. The number of thioether (sulfide) groups is 1. The van der Waals surface area contributed by atoms with Crippen LogP contribution in [0, 0.1) is 5.92 Å². The van der Waals surface area contributed by atoms with E-state index >= 15 is 0 Å². The van der Waals surface area contributed by atoms with Crippen LogP contribution >= 0.6 is 11.8 Å². The van der Waals surface area contributed by atoms with E-state index in [1.54, 1.807) is 35.0 Å². The maximum atomic E-state index is 12.5. The number of rotatable bonds is 5. The molecule has 0 spiro atoms. The van der Waals surface area contributed by atoms with Gasteiger partial charge < -0.3 is 15.0 Å². The summed E-state index contributed by atoms with van der Waals surface area (Å²) in [5.74, 6) is 0.160. The Hall–Kier alpha value is -2.54. The Morgan fingerprint density at radius 2 is 2.08 bits per heavy atom. The molecule has 1 aliphatic rings. The summed E-state index contributed by atoms with van der Waals surface area (Å²) in [4.78, 5) is 31.7. The summed E-state index contributed by atoms with van der Waals surface area (Å²) in [5, 5.41) is 2.76. The molecule has 3 rings (SSSR count). The lowest BCUT2D eigenvalue weighted by Gasteiger charge is -2.17. The summed E-state index contributed by atoms with van der Waals surface area (Å²) in [6.45, 7) is 0.360. The number of benzene rings is 1. The second kappa shape index (κ2) is 7.57. The minimum Gasteiger partial charge on any atom is -0.493 e. The van der Waals surface area contributed by atoms with E-state index in [2.05, 4.69) is 10.3 Å². The van der Waals surface area contributed by atoms with E-state index in [4.69, 9.17) is 4.74 Å². The highest BCUT2D eigenvalue weighted by atomic mass is 32.2. The minimum absolute atomic E-state index is 0.0509. The van der Waals surface area contributed by atoms with Crippen LogP contribution in [0.1, 0.15) is 6.42 Å². The van der Waals surface area contributed by atoms with Crippen molar-refractivity contribution in [2.45, 2.75) is 11.3 Å². The number of amides is 2. The van der Waals surface area contributed by atoms with Crippen molar-refractivity contribution in [2.75, 3.05) is 30.1 Å². The summed E-state index contributed by atoms with van der Waals surface area (Å²) in [6.07, 6.45) is 3.77. The second-order valence-electron chi connectivity index (χ2n) is 5.65. The molecule has 0 saturated carbocycles. The van der Waals surface area contributed by atoms with Gasteiger partial charge in [-0.2, -0.15) is 0 Å². The van der Waals surface area contributed by atoms with Crippen molar-refractivity contribution in [1.82, 2.24) is 4.98 Å². The molecule has 0 aliphatic carbocycles. The van der Waals surface area contributed by atoms with Crippen LogP contribution in [0.15, 0.2) is 47.5 Å². The quantitative estimate of drug-likeness (QED) is 0.833. The normalized spacial score (nSPS) is 16.8. The average Bonchev–Trinajstić information content (AvgIpc) is 3.04. The van der Waals surface area contributed by atoms with Gasteiger partial charge in [0.1, 0.15) is 0 Å². The van der Waals surface area contributed by atoms with Crippen LogP contribution in [0.5, 0.6) is 5.75 Å². The molecule has 7 heteroatoms. The summed E-state index contributed by atoms with van der Waals surface area (Å²) in [5.41, 5.74) is 0.813. The summed E-state index contributed by atoms with van der Waals surface area (Å²) < 4.78 is 5.19. The molecule has 1 atom stereocenters. The van der Waals surface area contributed by atoms with Gasteiger partial charge in [0.2, 0.25) is 11.8 Å². The minimum atomic E-state index is -0.417. The second-order valence-corrected chi connectivity index (χ2v) is 6.53. The molecule has 1 fully saturated rings. The molecular weight excluding hydrogens is 338 g/mol. The molecule has 1 N–H and O–H groups in total. The third-order valence-corrected chi connectivity index (χ3v) is 4.86. The van der Waals surface area contributed by atoms with Gasteiger partial charge in [0, 0.05) is 29.7 Å². The maximum absolute atomic E-state index is 12.5. The summed E-state index contributed by atoms with van der Waals surface area (Å²) >= 11 is 1.64. The van der Waals surface area contributed by atoms with E-state index < -0.39 is 5.92 Å². The van der Waals surface area contributed by atoms with E-state index in [0.29, 0.717) is 18.1 Å². The first-order valence-corrected chi connectivity index (χ1v) is 9.09. The molecule has 1 saturated heterocycles. The van der Waals surface area contributed by atoms with Crippen LogP contribution in [0.2, 0.25) is 0 Å². The fraction of sp³-hybridized carbons (Fsp3) is 0.278. The molecule has 2 amide bonds. The van der Waals surface area contributed by atoms with Crippen molar-refractivity contribution in [1.29, 1.82) is 0 Å². The van der Waals surface area contributed by atoms with Crippen LogP contribution in [0.3, 0.4) is 0 Å². The highest BCUT2D eigenvalue weighted by Crippen LogP contribution is 2.28. The van der Waals surface area contributed by atoms with Crippen LogP contribution in [0.25, 0.3) is 0 Å². The standard InChI is InChI=1S/C18H19N3O3S/c1-24-15-4-3-9-19-17(15)20-18(23)12-10-16(22)21(11-12)13-5-7-14(25-2)8-6-13/h3-9,12H,10-11H2,1-2H3,(H,19,20,23). The number of carbonyl (C=O) groups is 2. The topological polar surface area (TPSA) is 71.5 Å². The molecule has 2 heterocycles. The lowest BCUT2D eigenvalue weighted by molar-refractivity contribution is -0.122. The van der Waals surface area contributed by atoms with Gasteiger partial charge in [-0.05, 0) is 42.7 Å². The lowest BCUT2D eigenvalue weighted by Crippen LogP contribution is -2.28. The molecule has 1 unspecified atom stereocenters. The number of nitrogens with zero attached hydrogens (tertiary/aromatic N) is 2. The van der Waals surface area contributed by atoms with E-state index in [1.807, 2.05) is 30.5 Å². The Balaban J connectivity index is 1.70. The molecule has 0 radical (unpaired) electrons. The Bertz CT molecular complexity index is 779. The fourth-order valence-electron chi connectivity index (χ4n) is 2.76. The van der Waals surface area contributed by atoms with E-state index in [-0.39, 0.29) is 18.2 Å². The van der Waals surface area contributed by atoms with E-state index in [0.717, 1.165) is 10.6 Å². The Morgan fingerprint density at radius 1 is 1.32 bits per heavy atom. The van der Waals surface area contributed by atoms with Crippen molar-refractivity contribution >= 4 is 35.1 Å². The Labute approximate surface area is 150 Å². The Morgan fingerprint density at radius 3 is 2.76 bits per heavy atom. The van der Waals surface area contributed by atoms with Gasteiger partial charge >= 0.3 is 0 Å². The monoisotopic (exact) mass is 357 g/mol. The van der Waals surface area contributed by atoms with Crippen LogP contribution in [0.4, 0.5) is 11.5 Å². The van der Waals surface area contributed by atoms with Crippen molar-refractivity contribution < 1.29 is 14.3 Å². The smallest absolute Gasteiger partial charge is 0.231 e.